The SMILES string of the molecule is [2H]C([2H])([2H])n1cnc(COc2cc(OC)c(Br)c3ncnc(N)c23)n1. The highest BCUT2D eigenvalue weighted by Gasteiger charge is 2.16. The van der Waals surface area contributed by atoms with Gasteiger partial charge in [0.25, 0.3) is 0 Å². The molecule has 1 aromatic carbocycles. The molecule has 0 radical (unpaired) electrons. The van der Waals surface area contributed by atoms with E-state index in [9.17, 15) is 0 Å². The molecular weight excluding hydrogens is 352 g/mol. The summed E-state index contributed by atoms with van der Waals surface area (Å²) >= 11 is 3.41. The Labute approximate surface area is 138 Å². The van der Waals surface area contributed by atoms with Crippen LogP contribution in [0.15, 0.2) is 23.2 Å². The average Bonchev–Trinajstić information content (AvgIpc) is 3.04. The molecule has 0 aliphatic rings. The largest absolute Gasteiger partial charge is 0.495 e. The van der Waals surface area contributed by atoms with Crippen molar-refractivity contribution in [3.8, 4) is 11.5 Å². The van der Waals surface area contributed by atoms with Crippen molar-refractivity contribution in [2.45, 2.75) is 6.61 Å². The van der Waals surface area contributed by atoms with Crippen molar-refractivity contribution >= 4 is 32.7 Å². The first-order valence-electron chi connectivity index (χ1n) is 7.61. The second-order valence-corrected chi connectivity index (χ2v) is 5.06. The Bertz CT molecular complexity index is 930. The lowest BCUT2D eigenvalue weighted by molar-refractivity contribution is 0.297. The lowest BCUT2D eigenvalue weighted by Crippen LogP contribution is -2.03. The number of benzene rings is 1. The number of fused-ring (bicyclic) bond motifs is 1. The molecule has 0 atom stereocenters. The molecule has 0 bridgehead atoms. The van der Waals surface area contributed by atoms with Crippen LogP contribution in [0.2, 0.25) is 0 Å². The fourth-order valence-corrected chi connectivity index (χ4v) is 2.52. The number of aryl methyl sites for hydroxylation is 1. The van der Waals surface area contributed by atoms with E-state index in [0.29, 0.717) is 26.9 Å². The molecule has 114 valence electrons. The summed E-state index contributed by atoms with van der Waals surface area (Å²) in [5.41, 5.74) is 6.48. The molecule has 0 saturated heterocycles. The monoisotopic (exact) mass is 367 g/mol. The number of nitrogens with two attached hydrogens (primary N) is 1. The van der Waals surface area contributed by atoms with Crippen LogP contribution in [-0.4, -0.2) is 31.8 Å². The Kier molecular flexibility index (Phi) is 2.93. The van der Waals surface area contributed by atoms with Gasteiger partial charge in [0.2, 0.25) is 0 Å². The topological polar surface area (TPSA) is 101 Å². The van der Waals surface area contributed by atoms with E-state index >= 15 is 0 Å². The third-order valence-electron chi connectivity index (χ3n) is 2.93. The molecule has 2 N–H and O–H groups in total. The van der Waals surface area contributed by atoms with E-state index in [4.69, 9.17) is 19.3 Å². The second-order valence-electron chi connectivity index (χ2n) is 4.27. The van der Waals surface area contributed by atoms with Crippen molar-refractivity contribution in [3.63, 3.8) is 0 Å². The molecule has 0 spiro atoms. The van der Waals surface area contributed by atoms with Gasteiger partial charge in [-0.3, -0.25) is 4.68 Å². The predicted molar refractivity (Wildman–Crippen MR) is 83.5 cm³/mol. The first kappa shape index (κ1) is 11.2. The number of anilines is 1. The Hall–Kier alpha value is -2.42. The zero-order valence-electron chi connectivity index (χ0n) is 14.4. The highest BCUT2D eigenvalue weighted by Crippen LogP contribution is 2.40. The first-order chi connectivity index (χ1) is 11.8. The Morgan fingerprint density at radius 2 is 2.23 bits per heavy atom. The quantitative estimate of drug-likeness (QED) is 0.748. The van der Waals surface area contributed by atoms with Gasteiger partial charge in [-0.25, -0.2) is 15.0 Å². The van der Waals surface area contributed by atoms with Crippen molar-refractivity contribution in [3.05, 3.63) is 29.0 Å². The number of halogens is 1. The fraction of sp³-hybridized carbons (Fsp3) is 0.231. The van der Waals surface area contributed by atoms with Gasteiger partial charge in [0.15, 0.2) is 5.82 Å². The molecule has 0 saturated carbocycles. The summed E-state index contributed by atoms with van der Waals surface area (Å²) in [4.78, 5) is 12.1. The summed E-state index contributed by atoms with van der Waals surface area (Å²) < 4.78 is 34.3. The Balaban J connectivity index is 1.96. The third kappa shape index (κ3) is 2.54. The number of nitrogens with zero attached hydrogens (tertiary/aromatic N) is 5. The van der Waals surface area contributed by atoms with Gasteiger partial charge in [0.05, 0.1) is 22.5 Å². The van der Waals surface area contributed by atoms with Gasteiger partial charge in [-0.2, -0.15) is 5.10 Å². The van der Waals surface area contributed by atoms with Crippen LogP contribution in [-0.2, 0) is 13.6 Å². The van der Waals surface area contributed by atoms with E-state index in [1.165, 1.54) is 13.4 Å². The van der Waals surface area contributed by atoms with Crippen LogP contribution < -0.4 is 15.2 Å². The van der Waals surface area contributed by atoms with Gasteiger partial charge < -0.3 is 15.2 Å². The normalized spacial score (nSPS) is 13.5. The maximum absolute atomic E-state index is 7.29. The van der Waals surface area contributed by atoms with E-state index in [1.54, 1.807) is 6.07 Å². The van der Waals surface area contributed by atoms with E-state index in [-0.39, 0.29) is 18.2 Å². The van der Waals surface area contributed by atoms with Crippen LogP contribution in [0.25, 0.3) is 10.9 Å². The molecule has 9 heteroatoms. The molecule has 0 fully saturated rings. The maximum Gasteiger partial charge on any atom is 0.188 e. The van der Waals surface area contributed by atoms with Gasteiger partial charge >= 0.3 is 0 Å². The molecule has 0 unspecified atom stereocenters. The molecule has 3 rings (SSSR count). The highest BCUT2D eigenvalue weighted by molar-refractivity contribution is 9.10. The first-order valence-corrected chi connectivity index (χ1v) is 6.91. The average molecular weight is 368 g/mol. The minimum atomic E-state index is -2.39. The van der Waals surface area contributed by atoms with Crippen LogP contribution in [0.4, 0.5) is 5.82 Å². The van der Waals surface area contributed by atoms with Crippen LogP contribution >= 0.6 is 15.9 Å². The molecule has 0 amide bonds. The number of ether oxygens (including phenoxy) is 2. The number of hydrogen-bond donors (Lipinski definition) is 1. The van der Waals surface area contributed by atoms with E-state index in [1.807, 2.05) is 0 Å². The van der Waals surface area contributed by atoms with Crippen molar-refractivity contribution < 1.29 is 13.6 Å². The predicted octanol–water partition coefficient (Wildman–Crippen LogP) is 1.69. The standard InChI is InChI=1S/C13H13BrN6O2/c1-20-6-18-9(19-20)4-22-7-3-8(21-2)11(14)12-10(7)13(15)17-5-16-12/h3,5-6H,4H2,1-2H3,(H2,15,16,17)/i1D3. The molecule has 0 aliphatic heterocycles. The van der Waals surface area contributed by atoms with Crippen molar-refractivity contribution in [1.29, 1.82) is 0 Å². The number of hydrogen-bond acceptors (Lipinski definition) is 7. The summed E-state index contributed by atoms with van der Waals surface area (Å²) in [6, 6.07) is 1.63. The van der Waals surface area contributed by atoms with Gasteiger partial charge in [-0.05, 0) is 15.9 Å². The summed E-state index contributed by atoms with van der Waals surface area (Å²) in [5, 5.41) is 4.38. The van der Waals surface area contributed by atoms with Gasteiger partial charge in [-0.1, -0.05) is 0 Å². The number of nitrogen functional groups attached to an aromatic ring is 1. The lowest BCUT2D eigenvalue weighted by atomic mass is 10.2. The summed E-state index contributed by atoms with van der Waals surface area (Å²) in [7, 11) is 1.51. The zero-order chi connectivity index (χ0) is 18.2. The number of rotatable bonds is 4. The smallest absolute Gasteiger partial charge is 0.188 e. The Morgan fingerprint density at radius 3 is 2.95 bits per heavy atom. The molecule has 8 nitrogen and oxygen atoms in total. The summed E-state index contributed by atoms with van der Waals surface area (Å²) in [5.74, 6) is 1.32. The van der Waals surface area contributed by atoms with Gasteiger partial charge in [-0.15, -0.1) is 0 Å². The van der Waals surface area contributed by atoms with Crippen molar-refractivity contribution in [2.24, 2.45) is 6.98 Å². The third-order valence-corrected chi connectivity index (χ3v) is 3.69. The molecular formula is C13H13BrN6O2. The zero-order valence-corrected chi connectivity index (χ0v) is 13.0. The molecule has 0 aliphatic carbocycles. The van der Waals surface area contributed by atoms with Gasteiger partial charge in [0.1, 0.15) is 36.6 Å². The van der Waals surface area contributed by atoms with E-state index in [0.717, 1.165) is 11.0 Å². The van der Waals surface area contributed by atoms with Crippen LogP contribution in [0.5, 0.6) is 11.5 Å². The lowest BCUT2D eigenvalue weighted by Gasteiger charge is -2.13. The van der Waals surface area contributed by atoms with Gasteiger partial charge in [0, 0.05) is 17.2 Å². The van der Waals surface area contributed by atoms with Crippen molar-refractivity contribution in [2.75, 3.05) is 12.8 Å². The second kappa shape index (κ2) is 5.76. The minimum absolute atomic E-state index is 0.0582. The van der Waals surface area contributed by atoms with E-state index < -0.39 is 6.98 Å². The summed E-state index contributed by atoms with van der Waals surface area (Å²) in [6.45, 7) is -2.45. The molecule has 3 aromatic rings. The van der Waals surface area contributed by atoms with E-state index in [2.05, 4.69) is 36.0 Å². The van der Waals surface area contributed by atoms with Crippen molar-refractivity contribution in [1.82, 2.24) is 24.7 Å². The minimum Gasteiger partial charge on any atom is -0.495 e. The molecule has 2 aromatic heterocycles. The highest BCUT2D eigenvalue weighted by atomic mass is 79.9. The maximum atomic E-state index is 7.29. The van der Waals surface area contributed by atoms with Crippen LogP contribution in [0.1, 0.15) is 9.94 Å². The molecule has 22 heavy (non-hydrogen) atoms. The molecule has 2 heterocycles. The number of aromatic nitrogens is 5. The van der Waals surface area contributed by atoms with Crippen LogP contribution in [0, 0.1) is 0 Å². The van der Waals surface area contributed by atoms with Crippen LogP contribution in [0.3, 0.4) is 0 Å². The fourth-order valence-electron chi connectivity index (χ4n) is 1.95. The Morgan fingerprint density at radius 1 is 1.36 bits per heavy atom. The number of methoxy groups -OCH3 is 1. The summed E-state index contributed by atoms with van der Waals surface area (Å²) in [6.07, 6.45) is 2.47.